The number of pyridine rings is 1. The fourth-order valence-corrected chi connectivity index (χ4v) is 2.69. The molecule has 1 fully saturated rings. The molecular formula is C12H17ClN2. The summed E-state index contributed by atoms with van der Waals surface area (Å²) >= 11 is 5.91. The molecule has 0 radical (unpaired) electrons. The summed E-state index contributed by atoms with van der Waals surface area (Å²) in [6.45, 7) is 5.72. The maximum Gasteiger partial charge on any atom is 0.131 e. The molecular weight excluding hydrogens is 208 g/mol. The number of halogens is 1. The van der Waals surface area contributed by atoms with Gasteiger partial charge in [-0.2, -0.15) is 0 Å². The van der Waals surface area contributed by atoms with Gasteiger partial charge in [0.2, 0.25) is 0 Å². The maximum absolute atomic E-state index is 5.91. The van der Waals surface area contributed by atoms with Crippen LogP contribution in [0.2, 0.25) is 5.15 Å². The van der Waals surface area contributed by atoms with E-state index >= 15 is 0 Å². The Morgan fingerprint density at radius 1 is 1.60 bits per heavy atom. The summed E-state index contributed by atoms with van der Waals surface area (Å²) in [4.78, 5) is 6.48. The lowest BCUT2D eigenvalue weighted by atomic mass is 10.0. The maximum atomic E-state index is 5.91. The van der Waals surface area contributed by atoms with Crippen LogP contribution in [-0.4, -0.2) is 17.6 Å². The van der Waals surface area contributed by atoms with E-state index in [1.807, 2.05) is 12.1 Å². The van der Waals surface area contributed by atoms with Crippen molar-refractivity contribution in [1.82, 2.24) is 4.98 Å². The highest BCUT2D eigenvalue weighted by molar-refractivity contribution is 6.29. The monoisotopic (exact) mass is 224 g/mol. The fraction of sp³-hybridized carbons (Fsp3) is 0.583. The predicted octanol–water partition coefficient (Wildman–Crippen LogP) is 3.36. The zero-order chi connectivity index (χ0) is 10.8. The van der Waals surface area contributed by atoms with Crippen LogP contribution in [0.3, 0.4) is 0 Å². The molecule has 0 saturated carbocycles. The average Bonchev–Trinajstić information content (AvgIpc) is 2.59. The molecule has 0 aromatic carbocycles. The molecule has 2 heterocycles. The van der Waals surface area contributed by atoms with E-state index in [9.17, 15) is 0 Å². The van der Waals surface area contributed by atoms with Gasteiger partial charge in [-0.3, -0.25) is 0 Å². The Morgan fingerprint density at radius 2 is 2.40 bits per heavy atom. The Bertz CT molecular complexity index is 340. The van der Waals surface area contributed by atoms with Gasteiger partial charge in [-0.25, -0.2) is 4.98 Å². The van der Waals surface area contributed by atoms with Gasteiger partial charge in [-0.05, 0) is 30.9 Å². The van der Waals surface area contributed by atoms with E-state index in [1.165, 1.54) is 18.5 Å². The summed E-state index contributed by atoms with van der Waals surface area (Å²) in [5.74, 6) is 0.780. The highest BCUT2D eigenvalue weighted by atomic mass is 35.5. The van der Waals surface area contributed by atoms with Gasteiger partial charge in [0, 0.05) is 24.5 Å². The van der Waals surface area contributed by atoms with Crippen LogP contribution in [0, 0.1) is 5.92 Å². The normalized spacial score (nSPS) is 25.9. The summed E-state index contributed by atoms with van der Waals surface area (Å²) in [5, 5.41) is 0.585. The first-order valence-corrected chi connectivity index (χ1v) is 5.98. The summed E-state index contributed by atoms with van der Waals surface area (Å²) in [6, 6.07) is 4.66. The largest absolute Gasteiger partial charge is 0.368 e. The molecule has 1 saturated heterocycles. The molecule has 15 heavy (non-hydrogen) atoms. The number of rotatable bonds is 2. The Labute approximate surface area is 96.3 Å². The van der Waals surface area contributed by atoms with Crippen LogP contribution in [0.4, 0.5) is 5.69 Å². The number of nitrogens with zero attached hydrogens (tertiary/aromatic N) is 2. The highest BCUT2D eigenvalue weighted by Gasteiger charge is 2.29. The second-order valence-corrected chi connectivity index (χ2v) is 4.66. The van der Waals surface area contributed by atoms with Crippen molar-refractivity contribution >= 4 is 17.3 Å². The second kappa shape index (κ2) is 4.40. The lowest BCUT2D eigenvalue weighted by Crippen LogP contribution is -2.31. The van der Waals surface area contributed by atoms with Gasteiger partial charge in [-0.1, -0.05) is 25.4 Å². The van der Waals surface area contributed by atoms with Crippen molar-refractivity contribution in [2.75, 3.05) is 11.4 Å². The van der Waals surface area contributed by atoms with Crippen LogP contribution in [-0.2, 0) is 0 Å². The van der Waals surface area contributed by atoms with Gasteiger partial charge in [0.25, 0.3) is 0 Å². The standard InChI is InChI=1S/C12H17ClN2/c1-3-11-9(2)5-7-15(11)10-4-6-14-12(13)8-10/h4,6,8-9,11H,3,5,7H2,1-2H3. The van der Waals surface area contributed by atoms with Crippen LogP contribution < -0.4 is 4.90 Å². The van der Waals surface area contributed by atoms with E-state index < -0.39 is 0 Å². The Morgan fingerprint density at radius 3 is 3.07 bits per heavy atom. The number of aromatic nitrogens is 1. The third-order valence-electron chi connectivity index (χ3n) is 3.34. The first-order chi connectivity index (χ1) is 7.22. The first-order valence-electron chi connectivity index (χ1n) is 5.60. The van der Waals surface area contributed by atoms with Gasteiger partial charge in [0.1, 0.15) is 5.15 Å². The zero-order valence-electron chi connectivity index (χ0n) is 9.28. The van der Waals surface area contributed by atoms with E-state index in [4.69, 9.17) is 11.6 Å². The SMILES string of the molecule is CCC1C(C)CCN1c1ccnc(Cl)c1. The summed E-state index contributed by atoms with van der Waals surface area (Å²) in [7, 11) is 0. The third-order valence-corrected chi connectivity index (χ3v) is 3.55. The molecule has 2 atom stereocenters. The molecule has 0 aliphatic carbocycles. The van der Waals surface area contributed by atoms with Crippen molar-refractivity contribution in [2.24, 2.45) is 5.92 Å². The number of hydrogen-bond acceptors (Lipinski definition) is 2. The molecule has 3 heteroatoms. The Balaban J connectivity index is 2.23. The lowest BCUT2D eigenvalue weighted by molar-refractivity contribution is 0.499. The Hall–Kier alpha value is -0.760. The minimum absolute atomic E-state index is 0.585. The minimum Gasteiger partial charge on any atom is -0.368 e. The smallest absolute Gasteiger partial charge is 0.131 e. The third kappa shape index (κ3) is 2.10. The van der Waals surface area contributed by atoms with Crippen molar-refractivity contribution in [3.05, 3.63) is 23.5 Å². The van der Waals surface area contributed by atoms with Crippen molar-refractivity contribution in [2.45, 2.75) is 32.7 Å². The molecule has 0 spiro atoms. The van der Waals surface area contributed by atoms with Gasteiger partial charge in [-0.15, -0.1) is 0 Å². The van der Waals surface area contributed by atoms with Crippen LogP contribution in [0.5, 0.6) is 0 Å². The molecule has 2 unspecified atom stereocenters. The van der Waals surface area contributed by atoms with Crippen molar-refractivity contribution < 1.29 is 0 Å². The number of anilines is 1. The molecule has 2 rings (SSSR count). The fourth-order valence-electron chi connectivity index (χ4n) is 2.52. The van der Waals surface area contributed by atoms with Crippen LogP contribution in [0.25, 0.3) is 0 Å². The molecule has 1 aliphatic heterocycles. The van der Waals surface area contributed by atoms with Crippen molar-refractivity contribution in [3.63, 3.8) is 0 Å². The molecule has 0 bridgehead atoms. The van der Waals surface area contributed by atoms with Crippen LogP contribution >= 0.6 is 11.6 Å². The molecule has 82 valence electrons. The van der Waals surface area contributed by atoms with E-state index in [2.05, 4.69) is 23.7 Å². The molecule has 1 aromatic rings. The molecule has 0 N–H and O–H groups in total. The van der Waals surface area contributed by atoms with E-state index in [0.29, 0.717) is 11.2 Å². The predicted molar refractivity (Wildman–Crippen MR) is 64.5 cm³/mol. The highest BCUT2D eigenvalue weighted by Crippen LogP contribution is 2.31. The molecule has 1 aliphatic rings. The van der Waals surface area contributed by atoms with Crippen molar-refractivity contribution in [1.29, 1.82) is 0 Å². The molecule has 0 amide bonds. The van der Waals surface area contributed by atoms with E-state index in [-0.39, 0.29) is 0 Å². The second-order valence-electron chi connectivity index (χ2n) is 4.27. The van der Waals surface area contributed by atoms with Gasteiger partial charge in [0.15, 0.2) is 0 Å². The summed E-state index contributed by atoms with van der Waals surface area (Å²) < 4.78 is 0. The number of hydrogen-bond donors (Lipinski definition) is 0. The summed E-state index contributed by atoms with van der Waals surface area (Å²) in [6.07, 6.45) is 4.26. The van der Waals surface area contributed by atoms with E-state index in [1.54, 1.807) is 6.20 Å². The minimum atomic E-state index is 0.585. The summed E-state index contributed by atoms with van der Waals surface area (Å²) in [5.41, 5.74) is 1.21. The first kappa shape index (κ1) is 10.7. The van der Waals surface area contributed by atoms with Crippen molar-refractivity contribution in [3.8, 4) is 0 Å². The van der Waals surface area contributed by atoms with Gasteiger partial charge < -0.3 is 4.90 Å². The Kier molecular flexibility index (Phi) is 3.15. The average molecular weight is 225 g/mol. The quantitative estimate of drug-likeness (QED) is 0.717. The van der Waals surface area contributed by atoms with E-state index in [0.717, 1.165) is 12.5 Å². The molecule has 1 aromatic heterocycles. The zero-order valence-corrected chi connectivity index (χ0v) is 10.0. The van der Waals surface area contributed by atoms with Gasteiger partial charge in [0.05, 0.1) is 0 Å². The topological polar surface area (TPSA) is 16.1 Å². The van der Waals surface area contributed by atoms with Crippen LogP contribution in [0.15, 0.2) is 18.3 Å². The van der Waals surface area contributed by atoms with Gasteiger partial charge >= 0.3 is 0 Å². The van der Waals surface area contributed by atoms with Crippen LogP contribution in [0.1, 0.15) is 26.7 Å². The molecule has 2 nitrogen and oxygen atoms in total. The lowest BCUT2D eigenvalue weighted by Gasteiger charge is -2.27.